The lowest BCUT2D eigenvalue weighted by Gasteiger charge is -2.39. The molecular formula is C11H20N2O2. The van der Waals surface area contributed by atoms with E-state index in [1.807, 2.05) is 10.0 Å². The number of aldehydes is 1. The van der Waals surface area contributed by atoms with E-state index >= 15 is 0 Å². The van der Waals surface area contributed by atoms with Gasteiger partial charge in [0.05, 0.1) is 0 Å². The normalized spacial score (nSPS) is 18.6. The lowest BCUT2D eigenvalue weighted by molar-refractivity contribution is -0.157. The zero-order valence-electron chi connectivity index (χ0n) is 9.61. The minimum Gasteiger partial charge on any atom is -0.303 e. The number of rotatable bonds is 5. The number of amides is 1. The molecule has 1 amide bonds. The zero-order valence-corrected chi connectivity index (χ0v) is 9.61. The highest BCUT2D eigenvalue weighted by Gasteiger charge is 2.25. The minimum absolute atomic E-state index is 0.195. The van der Waals surface area contributed by atoms with Gasteiger partial charge in [0.25, 0.3) is 0 Å². The maximum absolute atomic E-state index is 11.7. The van der Waals surface area contributed by atoms with Crippen LogP contribution in [0.3, 0.4) is 0 Å². The Morgan fingerprint density at radius 2 is 2.20 bits per heavy atom. The second-order valence-corrected chi connectivity index (χ2v) is 4.38. The van der Waals surface area contributed by atoms with Gasteiger partial charge in [-0.15, -0.1) is 0 Å². The maximum Gasteiger partial charge on any atom is 0.236 e. The van der Waals surface area contributed by atoms with Gasteiger partial charge in [-0.25, -0.2) is 5.01 Å². The van der Waals surface area contributed by atoms with E-state index in [0.29, 0.717) is 25.3 Å². The molecule has 1 saturated heterocycles. The molecule has 0 radical (unpaired) electrons. The first kappa shape index (κ1) is 12.2. The van der Waals surface area contributed by atoms with Crippen molar-refractivity contribution in [1.82, 2.24) is 10.0 Å². The highest BCUT2D eigenvalue weighted by atomic mass is 16.2. The summed E-state index contributed by atoms with van der Waals surface area (Å²) in [6.45, 7) is 6.52. The fourth-order valence-corrected chi connectivity index (χ4v) is 1.82. The van der Waals surface area contributed by atoms with E-state index in [1.54, 1.807) is 0 Å². The summed E-state index contributed by atoms with van der Waals surface area (Å²) in [6, 6.07) is 0. The summed E-state index contributed by atoms with van der Waals surface area (Å²) in [6.07, 6.45) is 2.96. The molecule has 1 fully saturated rings. The molecule has 0 saturated carbocycles. The first-order valence-electron chi connectivity index (χ1n) is 5.64. The third-order valence-electron chi connectivity index (χ3n) is 2.48. The summed E-state index contributed by atoms with van der Waals surface area (Å²) in [4.78, 5) is 22.0. The fourth-order valence-electron chi connectivity index (χ4n) is 1.82. The molecule has 0 unspecified atom stereocenters. The van der Waals surface area contributed by atoms with Crippen LogP contribution in [0.1, 0.15) is 33.1 Å². The average molecular weight is 212 g/mol. The SMILES string of the molecule is CC(C)CN1C(=O)CCCN1CCC=O. The summed E-state index contributed by atoms with van der Waals surface area (Å²) in [7, 11) is 0. The molecule has 0 atom stereocenters. The number of hydrogen-bond donors (Lipinski definition) is 0. The second-order valence-electron chi connectivity index (χ2n) is 4.38. The summed E-state index contributed by atoms with van der Waals surface area (Å²) in [5.74, 6) is 0.659. The molecule has 4 heteroatoms. The van der Waals surface area contributed by atoms with Crippen LogP contribution in [-0.2, 0) is 9.59 Å². The van der Waals surface area contributed by atoms with Crippen molar-refractivity contribution in [2.75, 3.05) is 19.6 Å². The van der Waals surface area contributed by atoms with Gasteiger partial charge in [-0.2, -0.15) is 0 Å². The van der Waals surface area contributed by atoms with Crippen LogP contribution in [-0.4, -0.2) is 41.8 Å². The van der Waals surface area contributed by atoms with Crippen molar-refractivity contribution in [2.45, 2.75) is 33.1 Å². The van der Waals surface area contributed by atoms with Gasteiger partial charge in [0.15, 0.2) is 0 Å². The molecule has 1 aliphatic heterocycles. The number of nitrogens with zero attached hydrogens (tertiary/aromatic N) is 2. The summed E-state index contributed by atoms with van der Waals surface area (Å²) in [5, 5.41) is 3.83. The first-order valence-corrected chi connectivity index (χ1v) is 5.64. The molecule has 0 bridgehead atoms. The van der Waals surface area contributed by atoms with Crippen LogP contribution in [0.15, 0.2) is 0 Å². The van der Waals surface area contributed by atoms with Gasteiger partial charge in [-0.1, -0.05) is 13.8 Å². The quantitative estimate of drug-likeness (QED) is 0.640. The predicted octanol–water partition coefficient (Wildman–Crippen LogP) is 1.07. The van der Waals surface area contributed by atoms with Crippen LogP contribution in [0.5, 0.6) is 0 Å². The van der Waals surface area contributed by atoms with Gasteiger partial charge in [0, 0.05) is 32.5 Å². The average Bonchev–Trinajstić information content (AvgIpc) is 2.18. The summed E-state index contributed by atoms with van der Waals surface area (Å²) in [5.41, 5.74) is 0. The van der Waals surface area contributed by atoms with Crippen LogP contribution in [0, 0.1) is 5.92 Å². The predicted molar refractivity (Wildman–Crippen MR) is 58.0 cm³/mol. The van der Waals surface area contributed by atoms with Gasteiger partial charge in [0.1, 0.15) is 6.29 Å². The summed E-state index contributed by atoms with van der Waals surface area (Å²) >= 11 is 0. The van der Waals surface area contributed by atoms with Crippen LogP contribution < -0.4 is 0 Å². The Morgan fingerprint density at radius 1 is 1.47 bits per heavy atom. The van der Waals surface area contributed by atoms with Crippen LogP contribution in [0.4, 0.5) is 0 Å². The van der Waals surface area contributed by atoms with Crippen LogP contribution in [0.25, 0.3) is 0 Å². The molecule has 0 spiro atoms. The first-order chi connectivity index (χ1) is 7.15. The number of hydrogen-bond acceptors (Lipinski definition) is 3. The molecule has 0 aromatic rings. The highest BCUT2D eigenvalue weighted by Crippen LogP contribution is 2.14. The van der Waals surface area contributed by atoms with Gasteiger partial charge >= 0.3 is 0 Å². The van der Waals surface area contributed by atoms with Crippen molar-refractivity contribution in [1.29, 1.82) is 0 Å². The van der Waals surface area contributed by atoms with Crippen LogP contribution in [0.2, 0.25) is 0 Å². The van der Waals surface area contributed by atoms with Gasteiger partial charge in [-0.3, -0.25) is 9.80 Å². The number of carbonyl (C=O) groups excluding carboxylic acids is 2. The highest BCUT2D eigenvalue weighted by molar-refractivity contribution is 5.76. The van der Waals surface area contributed by atoms with Crippen molar-refractivity contribution in [3.05, 3.63) is 0 Å². The molecule has 0 aromatic heterocycles. The summed E-state index contributed by atoms with van der Waals surface area (Å²) < 4.78 is 0. The fraction of sp³-hybridized carbons (Fsp3) is 0.818. The molecule has 1 rings (SSSR count). The van der Waals surface area contributed by atoms with E-state index in [9.17, 15) is 9.59 Å². The Morgan fingerprint density at radius 3 is 2.80 bits per heavy atom. The van der Waals surface area contributed by atoms with Crippen molar-refractivity contribution in [2.24, 2.45) is 5.92 Å². The lowest BCUT2D eigenvalue weighted by Crippen LogP contribution is -2.52. The Kier molecular flexibility index (Phi) is 4.75. The van der Waals surface area contributed by atoms with Crippen molar-refractivity contribution < 1.29 is 9.59 Å². The monoisotopic (exact) mass is 212 g/mol. The molecule has 0 aromatic carbocycles. The third-order valence-corrected chi connectivity index (χ3v) is 2.48. The lowest BCUT2D eigenvalue weighted by atomic mass is 10.1. The topological polar surface area (TPSA) is 40.6 Å². The molecular weight excluding hydrogens is 192 g/mol. The van der Waals surface area contributed by atoms with Gasteiger partial charge in [-0.05, 0) is 12.3 Å². The zero-order chi connectivity index (χ0) is 11.3. The largest absolute Gasteiger partial charge is 0.303 e. The molecule has 0 aliphatic carbocycles. The van der Waals surface area contributed by atoms with E-state index in [0.717, 1.165) is 25.8 Å². The smallest absolute Gasteiger partial charge is 0.236 e. The van der Waals surface area contributed by atoms with E-state index in [4.69, 9.17) is 0 Å². The molecule has 4 nitrogen and oxygen atoms in total. The minimum atomic E-state index is 0.195. The molecule has 1 aliphatic rings. The van der Waals surface area contributed by atoms with E-state index in [2.05, 4.69) is 13.8 Å². The van der Waals surface area contributed by atoms with Gasteiger partial charge in [0.2, 0.25) is 5.91 Å². The Bertz CT molecular complexity index is 229. The van der Waals surface area contributed by atoms with Crippen LogP contribution >= 0.6 is 0 Å². The van der Waals surface area contributed by atoms with E-state index in [-0.39, 0.29) is 5.91 Å². The molecule has 1 heterocycles. The number of carbonyl (C=O) groups is 2. The third kappa shape index (κ3) is 3.63. The van der Waals surface area contributed by atoms with Gasteiger partial charge < -0.3 is 4.79 Å². The number of hydrazine groups is 1. The van der Waals surface area contributed by atoms with E-state index in [1.165, 1.54) is 0 Å². The Hall–Kier alpha value is -0.900. The Labute approximate surface area is 91.2 Å². The molecule has 15 heavy (non-hydrogen) atoms. The standard InChI is InChI=1S/C11H20N2O2/c1-10(2)9-13-11(15)5-3-6-12(13)7-4-8-14/h8,10H,3-7,9H2,1-2H3. The second kappa shape index (κ2) is 5.85. The van der Waals surface area contributed by atoms with E-state index < -0.39 is 0 Å². The van der Waals surface area contributed by atoms with Crippen molar-refractivity contribution in [3.63, 3.8) is 0 Å². The van der Waals surface area contributed by atoms with Crippen molar-refractivity contribution in [3.8, 4) is 0 Å². The Balaban J connectivity index is 2.55. The van der Waals surface area contributed by atoms with Crippen molar-refractivity contribution >= 4 is 12.2 Å². The molecule has 0 N–H and O–H groups in total. The molecule has 86 valence electrons. The maximum atomic E-state index is 11.7.